The number of rotatable bonds is 11. The van der Waals surface area contributed by atoms with E-state index in [1.54, 1.807) is 26.2 Å². The highest BCUT2D eigenvalue weighted by Crippen LogP contribution is 2.23. The van der Waals surface area contributed by atoms with Crippen molar-refractivity contribution < 1.29 is 14.3 Å². The van der Waals surface area contributed by atoms with E-state index in [0.29, 0.717) is 37.3 Å². The van der Waals surface area contributed by atoms with Crippen LogP contribution in [0.4, 0.5) is 5.82 Å². The van der Waals surface area contributed by atoms with Gasteiger partial charge in [-0.05, 0) is 64.0 Å². The number of nitrogens with zero attached hydrogens (tertiary/aromatic N) is 3. The molecule has 1 aliphatic rings. The zero-order chi connectivity index (χ0) is 22.1. The second-order valence-electron chi connectivity index (χ2n) is 7.99. The van der Waals surface area contributed by atoms with E-state index < -0.39 is 5.92 Å². The number of hydrogen-bond acceptors (Lipinski definition) is 7. The Morgan fingerprint density at radius 1 is 1.16 bits per heavy atom. The van der Waals surface area contributed by atoms with Crippen molar-refractivity contribution in [3.63, 3.8) is 0 Å². The molecule has 166 valence electrons. The number of carbonyl (C=O) groups excluding carboxylic acids is 2. The summed E-state index contributed by atoms with van der Waals surface area (Å²) in [6.45, 7) is 4.86. The molecule has 1 N–H and O–H groups in total. The molecule has 2 aromatic heterocycles. The van der Waals surface area contributed by atoms with Crippen molar-refractivity contribution >= 4 is 17.6 Å². The molecule has 0 radical (unpaired) electrons. The van der Waals surface area contributed by atoms with Gasteiger partial charge in [-0.1, -0.05) is 6.07 Å². The fraction of sp³-hybridized carbons (Fsp3) is 0.542. The van der Waals surface area contributed by atoms with Gasteiger partial charge in [0.15, 0.2) is 0 Å². The van der Waals surface area contributed by atoms with E-state index >= 15 is 0 Å². The summed E-state index contributed by atoms with van der Waals surface area (Å²) in [5.74, 6) is 1.01. The Kier molecular flexibility index (Phi) is 8.50. The fourth-order valence-electron chi connectivity index (χ4n) is 3.81. The van der Waals surface area contributed by atoms with Crippen LogP contribution in [0.25, 0.3) is 0 Å². The molecule has 1 atom stereocenters. The van der Waals surface area contributed by atoms with E-state index in [1.165, 1.54) is 5.56 Å². The van der Waals surface area contributed by atoms with E-state index in [2.05, 4.69) is 27.4 Å². The Balaban J connectivity index is 1.43. The van der Waals surface area contributed by atoms with Crippen molar-refractivity contribution in [1.82, 2.24) is 15.0 Å². The van der Waals surface area contributed by atoms with Gasteiger partial charge in [0.25, 0.3) is 0 Å². The van der Waals surface area contributed by atoms with Gasteiger partial charge in [-0.25, -0.2) is 15.0 Å². The number of ether oxygens (including phenoxy) is 1. The normalized spacial score (nSPS) is 13.7. The highest BCUT2D eigenvalue weighted by molar-refractivity contribution is 5.81. The Morgan fingerprint density at radius 2 is 1.97 bits per heavy atom. The number of fused-ring (bicyclic) bond motifs is 1. The van der Waals surface area contributed by atoms with Gasteiger partial charge in [0, 0.05) is 43.0 Å². The minimum absolute atomic E-state index is 0.169. The lowest BCUT2D eigenvalue weighted by atomic mass is 9.94. The van der Waals surface area contributed by atoms with E-state index in [0.717, 1.165) is 50.2 Å². The Labute approximate surface area is 184 Å². The molecule has 0 bridgehead atoms. The van der Waals surface area contributed by atoms with Gasteiger partial charge in [0.1, 0.15) is 17.4 Å². The maximum absolute atomic E-state index is 12.4. The molecule has 7 heteroatoms. The number of ketones is 1. The molecule has 31 heavy (non-hydrogen) atoms. The Morgan fingerprint density at radius 3 is 2.74 bits per heavy atom. The van der Waals surface area contributed by atoms with E-state index in [-0.39, 0.29) is 11.8 Å². The molecular weight excluding hydrogens is 392 g/mol. The second kappa shape index (κ2) is 11.5. The smallest absolute Gasteiger partial charge is 0.313 e. The lowest BCUT2D eigenvalue weighted by Gasteiger charge is -2.17. The van der Waals surface area contributed by atoms with Crippen LogP contribution >= 0.6 is 0 Å². The summed E-state index contributed by atoms with van der Waals surface area (Å²) in [4.78, 5) is 37.8. The highest BCUT2D eigenvalue weighted by atomic mass is 16.5. The molecule has 0 saturated carbocycles. The lowest BCUT2D eigenvalue weighted by molar-refractivity contribution is -0.145. The summed E-state index contributed by atoms with van der Waals surface area (Å²) in [5.41, 5.74) is 3.06. The first kappa shape index (κ1) is 22.8. The largest absolute Gasteiger partial charge is 0.466 e. The zero-order valence-corrected chi connectivity index (χ0v) is 18.5. The maximum atomic E-state index is 12.4. The monoisotopic (exact) mass is 424 g/mol. The molecule has 0 aliphatic carbocycles. The van der Waals surface area contributed by atoms with Crippen molar-refractivity contribution in [2.24, 2.45) is 0 Å². The average molecular weight is 425 g/mol. The van der Waals surface area contributed by atoms with Crippen molar-refractivity contribution in [2.75, 3.05) is 18.5 Å². The molecule has 0 aromatic carbocycles. The van der Waals surface area contributed by atoms with Crippen molar-refractivity contribution in [1.29, 1.82) is 0 Å². The van der Waals surface area contributed by atoms with Gasteiger partial charge in [0.05, 0.1) is 12.5 Å². The first-order chi connectivity index (χ1) is 15.1. The van der Waals surface area contributed by atoms with Gasteiger partial charge in [-0.15, -0.1) is 0 Å². The predicted octanol–water partition coefficient (Wildman–Crippen LogP) is 3.95. The molecule has 1 unspecified atom stereocenters. The molecule has 0 saturated heterocycles. The first-order valence-electron chi connectivity index (χ1n) is 11.3. The number of unbranched alkanes of at least 4 members (excludes halogenated alkanes) is 1. The molecule has 0 spiro atoms. The SMILES string of the molecule is CCOC(=O)C(CCC(=O)CCCCc1ccc2c(n1)NCCC2)c1cnc(C)nc1. The van der Waals surface area contributed by atoms with Crippen LogP contribution in [0.15, 0.2) is 24.5 Å². The Hall–Kier alpha value is -2.83. The number of carbonyl (C=O) groups is 2. The summed E-state index contributed by atoms with van der Waals surface area (Å²) in [6.07, 6.45) is 9.44. The number of nitrogens with one attached hydrogen (secondary N) is 1. The van der Waals surface area contributed by atoms with Crippen LogP contribution in [0.1, 0.15) is 74.0 Å². The van der Waals surface area contributed by atoms with Gasteiger partial charge < -0.3 is 10.1 Å². The number of pyridine rings is 1. The number of Topliss-reactive ketones (excluding diaryl/α,β-unsaturated/α-hetero) is 1. The number of hydrogen-bond donors (Lipinski definition) is 1. The summed E-state index contributed by atoms with van der Waals surface area (Å²) >= 11 is 0. The van der Waals surface area contributed by atoms with Crippen LogP contribution in [0.2, 0.25) is 0 Å². The van der Waals surface area contributed by atoms with Crippen LogP contribution in [-0.2, 0) is 27.2 Å². The standard InChI is InChI=1S/C24H32N4O3/c1-3-31-24(30)22(19-15-26-17(2)27-16-19)13-12-21(29)9-5-4-8-20-11-10-18-7-6-14-25-23(18)28-20/h10-11,15-16,22H,3-9,12-14H2,1-2H3,(H,25,28). The minimum atomic E-state index is -0.503. The number of aryl methyl sites for hydroxylation is 3. The molecule has 1 aliphatic heterocycles. The van der Waals surface area contributed by atoms with E-state index in [4.69, 9.17) is 9.72 Å². The maximum Gasteiger partial charge on any atom is 0.313 e. The van der Waals surface area contributed by atoms with Crippen LogP contribution < -0.4 is 5.32 Å². The number of aromatic nitrogens is 3. The first-order valence-corrected chi connectivity index (χ1v) is 11.3. The summed E-state index contributed by atoms with van der Waals surface area (Å²) in [7, 11) is 0. The molecule has 3 rings (SSSR count). The third-order valence-corrected chi connectivity index (χ3v) is 5.58. The quantitative estimate of drug-likeness (QED) is 0.431. The molecule has 0 fully saturated rings. The zero-order valence-electron chi connectivity index (χ0n) is 18.5. The molecule has 3 heterocycles. The summed E-state index contributed by atoms with van der Waals surface area (Å²) in [6, 6.07) is 4.26. The topological polar surface area (TPSA) is 94.1 Å². The molecule has 7 nitrogen and oxygen atoms in total. The van der Waals surface area contributed by atoms with E-state index in [1.807, 2.05) is 0 Å². The van der Waals surface area contributed by atoms with Crippen LogP contribution in [-0.4, -0.2) is 39.9 Å². The minimum Gasteiger partial charge on any atom is -0.466 e. The summed E-state index contributed by atoms with van der Waals surface area (Å²) < 4.78 is 5.19. The third-order valence-electron chi connectivity index (χ3n) is 5.58. The van der Waals surface area contributed by atoms with Gasteiger partial charge >= 0.3 is 5.97 Å². The summed E-state index contributed by atoms with van der Waals surface area (Å²) in [5, 5.41) is 3.36. The van der Waals surface area contributed by atoms with Gasteiger partial charge in [-0.3, -0.25) is 9.59 Å². The lowest BCUT2D eigenvalue weighted by Crippen LogP contribution is -2.18. The van der Waals surface area contributed by atoms with Gasteiger partial charge in [-0.2, -0.15) is 0 Å². The number of esters is 1. The molecule has 0 amide bonds. The van der Waals surface area contributed by atoms with Crippen molar-refractivity contribution in [3.8, 4) is 0 Å². The predicted molar refractivity (Wildman–Crippen MR) is 119 cm³/mol. The van der Waals surface area contributed by atoms with Crippen LogP contribution in [0.3, 0.4) is 0 Å². The van der Waals surface area contributed by atoms with Crippen molar-refractivity contribution in [3.05, 3.63) is 47.2 Å². The Bertz CT molecular complexity index is 883. The fourth-order valence-corrected chi connectivity index (χ4v) is 3.81. The van der Waals surface area contributed by atoms with Crippen LogP contribution in [0.5, 0.6) is 0 Å². The second-order valence-corrected chi connectivity index (χ2v) is 7.99. The molecule has 2 aromatic rings. The van der Waals surface area contributed by atoms with Crippen LogP contribution in [0, 0.1) is 6.92 Å². The van der Waals surface area contributed by atoms with Crippen molar-refractivity contribution in [2.45, 2.75) is 71.1 Å². The average Bonchev–Trinajstić information content (AvgIpc) is 2.78. The number of anilines is 1. The highest BCUT2D eigenvalue weighted by Gasteiger charge is 2.23. The third kappa shape index (κ3) is 6.84. The molecular formula is C24H32N4O3. The van der Waals surface area contributed by atoms with E-state index in [9.17, 15) is 9.59 Å². The van der Waals surface area contributed by atoms with Gasteiger partial charge in [0.2, 0.25) is 0 Å².